The van der Waals surface area contributed by atoms with Gasteiger partial charge in [0.15, 0.2) is 0 Å². The largest absolute Gasteiger partial charge is 0.492 e. The quantitative estimate of drug-likeness (QED) is 0.880. The maximum absolute atomic E-state index is 6.09. The SMILES string of the molecule is Nc1cc(Cl)cc2c1CCN(CCOc1ccccc1)C2. The number of anilines is 1. The van der Waals surface area contributed by atoms with Gasteiger partial charge in [0.2, 0.25) is 0 Å². The van der Waals surface area contributed by atoms with Crippen LogP contribution in [0.4, 0.5) is 5.69 Å². The first-order valence-electron chi connectivity index (χ1n) is 7.19. The van der Waals surface area contributed by atoms with Gasteiger partial charge in [-0.3, -0.25) is 4.90 Å². The van der Waals surface area contributed by atoms with E-state index in [-0.39, 0.29) is 0 Å². The van der Waals surface area contributed by atoms with Crippen LogP contribution in [-0.4, -0.2) is 24.6 Å². The maximum Gasteiger partial charge on any atom is 0.119 e. The van der Waals surface area contributed by atoms with E-state index in [2.05, 4.69) is 4.90 Å². The lowest BCUT2D eigenvalue weighted by molar-refractivity contribution is 0.196. The van der Waals surface area contributed by atoms with E-state index in [0.29, 0.717) is 11.6 Å². The molecule has 1 aliphatic rings. The molecule has 2 aromatic rings. The van der Waals surface area contributed by atoms with Gasteiger partial charge in [0.1, 0.15) is 12.4 Å². The molecule has 3 rings (SSSR count). The summed E-state index contributed by atoms with van der Waals surface area (Å²) in [7, 11) is 0. The number of nitrogens with two attached hydrogens (primary N) is 1. The van der Waals surface area contributed by atoms with Crippen molar-refractivity contribution in [1.82, 2.24) is 4.90 Å². The Morgan fingerprint density at radius 3 is 2.81 bits per heavy atom. The van der Waals surface area contributed by atoms with Gasteiger partial charge in [-0.2, -0.15) is 0 Å². The van der Waals surface area contributed by atoms with Crippen LogP contribution in [0, 0.1) is 0 Å². The van der Waals surface area contributed by atoms with Gasteiger partial charge in [-0.25, -0.2) is 0 Å². The van der Waals surface area contributed by atoms with E-state index < -0.39 is 0 Å². The van der Waals surface area contributed by atoms with Crippen molar-refractivity contribution in [2.75, 3.05) is 25.4 Å². The van der Waals surface area contributed by atoms with Gasteiger partial charge in [0.05, 0.1) is 0 Å². The molecule has 0 saturated carbocycles. The Morgan fingerprint density at radius 2 is 2.00 bits per heavy atom. The van der Waals surface area contributed by atoms with Crippen LogP contribution in [0.3, 0.4) is 0 Å². The molecular formula is C17H19ClN2O. The molecule has 0 aliphatic carbocycles. The van der Waals surface area contributed by atoms with Gasteiger partial charge in [-0.15, -0.1) is 0 Å². The Labute approximate surface area is 130 Å². The number of halogens is 1. The molecule has 2 N–H and O–H groups in total. The van der Waals surface area contributed by atoms with Crippen molar-refractivity contribution in [3.63, 3.8) is 0 Å². The van der Waals surface area contributed by atoms with Crippen molar-refractivity contribution >= 4 is 17.3 Å². The Bertz CT molecular complexity index is 616. The van der Waals surface area contributed by atoms with Gasteiger partial charge >= 0.3 is 0 Å². The number of rotatable bonds is 4. The van der Waals surface area contributed by atoms with Crippen molar-refractivity contribution in [3.8, 4) is 5.75 Å². The zero-order valence-electron chi connectivity index (χ0n) is 11.9. The number of benzene rings is 2. The van der Waals surface area contributed by atoms with Gasteiger partial charge in [0.25, 0.3) is 0 Å². The van der Waals surface area contributed by atoms with Crippen LogP contribution in [0.1, 0.15) is 11.1 Å². The average Bonchev–Trinajstić information content (AvgIpc) is 2.48. The van der Waals surface area contributed by atoms with Gasteiger partial charge in [-0.05, 0) is 41.8 Å². The zero-order valence-corrected chi connectivity index (χ0v) is 12.6. The number of para-hydroxylation sites is 1. The summed E-state index contributed by atoms with van der Waals surface area (Å²) in [4.78, 5) is 2.38. The smallest absolute Gasteiger partial charge is 0.119 e. The second-order valence-corrected chi connectivity index (χ2v) is 5.76. The van der Waals surface area contributed by atoms with Crippen LogP contribution in [-0.2, 0) is 13.0 Å². The van der Waals surface area contributed by atoms with Gasteiger partial charge < -0.3 is 10.5 Å². The number of ether oxygens (including phenoxy) is 1. The second-order valence-electron chi connectivity index (χ2n) is 5.32. The monoisotopic (exact) mass is 302 g/mol. The van der Waals surface area contributed by atoms with Crippen molar-refractivity contribution in [3.05, 3.63) is 58.6 Å². The highest BCUT2D eigenvalue weighted by Gasteiger charge is 2.18. The molecule has 3 nitrogen and oxygen atoms in total. The predicted molar refractivity (Wildman–Crippen MR) is 86.8 cm³/mol. The van der Waals surface area contributed by atoms with Crippen LogP contribution in [0.5, 0.6) is 5.75 Å². The zero-order chi connectivity index (χ0) is 14.7. The first kappa shape index (κ1) is 14.2. The third kappa shape index (κ3) is 3.49. The summed E-state index contributed by atoms with van der Waals surface area (Å²) in [6.07, 6.45) is 0.976. The number of nitrogens with zero attached hydrogens (tertiary/aromatic N) is 1. The first-order chi connectivity index (χ1) is 10.2. The fourth-order valence-corrected chi connectivity index (χ4v) is 3.00. The minimum Gasteiger partial charge on any atom is -0.492 e. The lowest BCUT2D eigenvalue weighted by atomic mass is 9.98. The third-order valence-electron chi connectivity index (χ3n) is 3.83. The van der Waals surface area contributed by atoms with Crippen molar-refractivity contribution in [2.45, 2.75) is 13.0 Å². The summed E-state index contributed by atoms with van der Waals surface area (Å²) in [5.74, 6) is 0.919. The Kier molecular flexibility index (Phi) is 4.32. The van der Waals surface area contributed by atoms with Crippen LogP contribution in [0.15, 0.2) is 42.5 Å². The van der Waals surface area contributed by atoms with E-state index in [1.807, 2.05) is 42.5 Å². The minimum absolute atomic E-state index is 0.690. The van der Waals surface area contributed by atoms with Crippen LogP contribution in [0.25, 0.3) is 0 Å². The fourth-order valence-electron chi connectivity index (χ4n) is 2.75. The molecule has 1 heterocycles. The lowest BCUT2D eigenvalue weighted by Crippen LogP contribution is -2.34. The van der Waals surface area contributed by atoms with Gasteiger partial charge in [0, 0.05) is 30.3 Å². The molecule has 0 amide bonds. The molecule has 2 aromatic carbocycles. The lowest BCUT2D eigenvalue weighted by Gasteiger charge is -2.29. The average molecular weight is 303 g/mol. The normalized spacial score (nSPS) is 14.7. The highest BCUT2D eigenvalue weighted by atomic mass is 35.5. The Balaban J connectivity index is 1.57. The van der Waals surface area contributed by atoms with E-state index in [9.17, 15) is 0 Å². The molecular weight excluding hydrogens is 284 g/mol. The standard InChI is InChI=1S/C17H19ClN2O/c18-14-10-13-12-20(7-6-16(13)17(19)11-14)8-9-21-15-4-2-1-3-5-15/h1-5,10-11H,6-9,12,19H2. The molecule has 0 saturated heterocycles. The Hall–Kier alpha value is -1.71. The molecule has 1 aliphatic heterocycles. The van der Waals surface area contributed by atoms with Crippen LogP contribution >= 0.6 is 11.6 Å². The number of hydrogen-bond acceptors (Lipinski definition) is 3. The summed E-state index contributed by atoms with van der Waals surface area (Å²) in [6, 6.07) is 13.8. The number of fused-ring (bicyclic) bond motifs is 1. The molecule has 0 unspecified atom stereocenters. The minimum atomic E-state index is 0.690. The van der Waals surface area contributed by atoms with Crippen molar-refractivity contribution < 1.29 is 4.74 Å². The molecule has 0 aromatic heterocycles. The third-order valence-corrected chi connectivity index (χ3v) is 4.05. The summed E-state index contributed by atoms with van der Waals surface area (Å²) in [6.45, 7) is 3.49. The summed E-state index contributed by atoms with van der Waals surface area (Å²) in [5, 5.41) is 0.716. The maximum atomic E-state index is 6.09. The number of hydrogen-bond donors (Lipinski definition) is 1. The number of nitrogen functional groups attached to an aromatic ring is 1. The molecule has 0 fully saturated rings. The molecule has 21 heavy (non-hydrogen) atoms. The van der Waals surface area contributed by atoms with E-state index in [0.717, 1.165) is 37.5 Å². The topological polar surface area (TPSA) is 38.5 Å². The molecule has 0 bridgehead atoms. The van der Waals surface area contributed by atoms with Gasteiger partial charge in [-0.1, -0.05) is 29.8 Å². The molecule has 110 valence electrons. The summed E-state index contributed by atoms with van der Waals surface area (Å²) in [5.41, 5.74) is 9.34. The predicted octanol–water partition coefficient (Wildman–Crippen LogP) is 3.36. The fraction of sp³-hybridized carbons (Fsp3) is 0.294. The van der Waals surface area contributed by atoms with Crippen LogP contribution in [0.2, 0.25) is 5.02 Å². The molecule has 4 heteroatoms. The summed E-state index contributed by atoms with van der Waals surface area (Å²) < 4.78 is 5.75. The Morgan fingerprint density at radius 1 is 1.19 bits per heavy atom. The molecule has 0 radical (unpaired) electrons. The molecule has 0 atom stereocenters. The highest BCUT2D eigenvalue weighted by molar-refractivity contribution is 6.31. The molecule has 0 spiro atoms. The van der Waals surface area contributed by atoms with E-state index in [4.69, 9.17) is 22.1 Å². The summed E-state index contributed by atoms with van der Waals surface area (Å²) >= 11 is 6.09. The van der Waals surface area contributed by atoms with E-state index >= 15 is 0 Å². The first-order valence-corrected chi connectivity index (χ1v) is 7.57. The van der Waals surface area contributed by atoms with Crippen molar-refractivity contribution in [2.24, 2.45) is 0 Å². The van der Waals surface area contributed by atoms with Crippen LogP contribution < -0.4 is 10.5 Å². The van der Waals surface area contributed by atoms with E-state index in [1.165, 1.54) is 11.1 Å². The van der Waals surface area contributed by atoms with Crippen molar-refractivity contribution in [1.29, 1.82) is 0 Å². The second kappa shape index (κ2) is 6.37. The van der Waals surface area contributed by atoms with E-state index in [1.54, 1.807) is 0 Å². The highest BCUT2D eigenvalue weighted by Crippen LogP contribution is 2.28.